The van der Waals surface area contributed by atoms with E-state index in [2.05, 4.69) is 206 Å². The summed E-state index contributed by atoms with van der Waals surface area (Å²) in [4.78, 5) is 118. The molecule has 0 unspecified atom stereocenters. The molecule has 0 bridgehead atoms. The van der Waals surface area contributed by atoms with Gasteiger partial charge in [-0.2, -0.15) is 28.8 Å². The normalized spacial score (nSPS) is 14.5. The number of hydrogen-bond acceptors (Lipinski definition) is 32. The van der Waals surface area contributed by atoms with Gasteiger partial charge in [-0.1, -0.05) is 103 Å². The molecule has 4 aromatic carbocycles. The zero-order valence-corrected chi connectivity index (χ0v) is 76.7. The van der Waals surface area contributed by atoms with E-state index in [-0.39, 0.29) is 44.2 Å². The molecule has 0 radical (unpaired) electrons. The molecule has 119 heavy (non-hydrogen) atoms. The van der Waals surface area contributed by atoms with E-state index < -0.39 is 0 Å². The number of ketones is 1. The van der Waals surface area contributed by atoms with Gasteiger partial charge in [-0.15, -0.1) is 11.3 Å². The number of carbonyl (C=O) groups is 5. The van der Waals surface area contributed by atoms with E-state index in [1.54, 1.807) is 0 Å². The van der Waals surface area contributed by atoms with Crippen molar-refractivity contribution in [2.75, 3.05) is 135 Å². The molecule has 0 atom stereocenters. The molecule has 6 N–H and O–H groups in total. The molecule has 8 heterocycles. The fraction of sp³-hybridized carbons (Fsp3) is 0.422. The Kier molecular flexibility index (Phi) is 45.6. The molecule has 0 aliphatic carbocycles. The van der Waals surface area contributed by atoms with Crippen LogP contribution in [0.2, 0.25) is 0 Å². The van der Waals surface area contributed by atoms with Crippen molar-refractivity contribution in [1.82, 2.24) is 19.6 Å². The Morgan fingerprint density at radius 2 is 0.706 bits per heavy atom. The van der Waals surface area contributed by atoms with Gasteiger partial charge >= 0.3 is 18.5 Å². The van der Waals surface area contributed by atoms with E-state index in [0.29, 0.717) is 98.0 Å². The van der Waals surface area contributed by atoms with Gasteiger partial charge in [0.05, 0.1) is 57.2 Å². The summed E-state index contributed by atoms with van der Waals surface area (Å²) in [5.41, 5.74) is 14.0. The molecule has 8 aromatic rings. The van der Waals surface area contributed by atoms with Crippen LogP contribution in [0.5, 0.6) is 38.2 Å². The summed E-state index contributed by atoms with van der Waals surface area (Å²) in [7, 11) is 8.66. The van der Waals surface area contributed by atoms with E-state index in [4.69, 9.17) is 67.7 Å². The van der Waals surface area contributed by atoms with Crippen molar-refractivity contribution in [3.63, 3.8) is 0 Å². The Balaban J connectivity index is 0.000000238. The lowest BCUT2D eigenvalue weighted by atomic mass is 10.0. The zero-order chi connectivity index (χ0) is 86.6. The molecule has 642 valence electrons. The third kappa shape index (κ3) is 32.1. The van der Waals surface area contributed by atoms with Gasteiger partial charge in [-0.05, 0) is 286 Å². The number of halogens is 4. The Morgan fingerprint density at radius 1 is 0.429 bits per heavy atom. The fourth-order valence-electron chi connectivity index (χ4n) is 12.7. The van der Waals surface area contributed by atoms with E-state index >= 15 is 0 Å². The molecule has 4 aliphatic heterocycles. The van der Waals surface area contributed by atoms with Gasteiger partial charge < -0.3 is 84.5 Å². The minimum atomic E-state index is -0.273. The number of aryl methyl sites for hydroxylation is 1. The molecular formula is C83H99Br4N9O19S4. The minimum absolute atomic E-state index is 0.108. The number of ether oxygens (including phenoxy) is 8. The van der Waals surface area contributed by atoms with Gasteiger partial charge in [0, 0.05) is 51.8 Å². The standard InChI is InChI=1S/C21H29BrN2OS.C20H24BrN3O4S.C20H25BrN2O3S.C19H21BrN2O5S.3CO2/c1-4-13-25-20-18(5-2)26-21(19(20)22)15-7-6-8-17(14-15)23-16-9-11-24(3)12-10-16;1-24-7-5-14(6-8-24)23-15-4-2-3-13(9-15)19-17(21)18(20(29-19)28-12-25)27-11-16(26)10-22;1-3-11-25-18-17(21)19(27-20(18)26-13-24)14-5-4-6-16(12-14)22-15-7-9-23(2)10-8-15;1-22-7-5-14(6-8-22)21-15-4-2-3-13(9-15)18-16(20)17(27-12-25-10-23)19(28-18)26-11-24;3*2-1-3/h6-8,14,16,23H,4-5,9-13H2,1-3H3;2-4,9,12,14,23H,5-8,10-11,22H2,1H3;4-6,12-13,15,22H,3,7-11H2,1-2H3;2-4,9-11,14,21H,5-8,12H2,1H3;;;. The first kappa shape index (κ1) is 99.3. The quantitative estimate of drug-likeness (QED) is 0.0145. The third-order valence-electron chi connectivity index (χ3n) is 18.7. The second kappa shape index (κ2) is 54.7. The van der Waals surface area contributed by atoms with Gasteiger partial charge in [0.2, 0.25) is 22.0 Å². The van der Waals surface area contributed by atoms with Crippen LogP contribution in [-0.2, 0) is 63.9 Å². The van der Waals surface area contributed by atoms with E-state index in [9.17, 15) is 24.0 Å². The van der Waals surface area contributed by atoms with E-state index in [1.807, 2.05) is 60.7 Å². The summed E-state index contributed by atoms with van der Waals surface area (Å²) in [6.45, 7) is 17.5. The number of hydrogen-bond donors (Lipinski definition) is 5. The van der Waals surface area contributed by atoms with Crippen molar-refractivity contribution in [2.45, 2.75) is 116 Å². The SMILES string of the molecule is CCCOc1c(CC)sc(-c2cccc(NC3CCN(C)CC3)c2)c1Br.CCCOc1c(OC=O)sc(-c2cccc(NC3CCN(C)CC3)c2)c1Br.CN1CCC(Nc2cccc(-c3sc(OC=O)c(OCC(=O)CN)c3Br)c2)CC1.CN1CCC(Nc2cccc(-c3sc(OC=O)c(OCOC=O)c3Br)c2)CC1.O=C=O.O=C=O.O=C=O. The Bertz CT molecular complexity index is 4550. The zero-order valence-electron chi connectivity index (χ0n) is 67.1. The lowest BCUT2D eigenvalue weighted by molar-refractivity contribution is -0.193. The molecule has 0 amide bonds. The number of nitrogens with one attached hydrogen (secondary N) is 4. The summed E-state index contributed by atoms with van der Waals surface area (Å²) in [5, 5.41) is 15.7. The van der Waals surface area contributed by atoms with Gasteiger partial charge in [0.15, 0.2) is 23.0 Å². The molecule has 0 saturated carbocycles. The first-order valence-electron chi connectivity index (χ1n) is 38.2. The average Bonchev–Trinajstić information content (AvgIpc) is 1.68. The Hall–Kier alpha value is -8.51. The Labute approximate surface area is 742 Å². The van der Waals surface area contributed by atoms with Crippen LogP contribution in [0.1, 0.15) is 89.9 Å². The second-order valence-corrected chi connectivity index (χ2v) is 34.5. The van der Waals surface area contributed by atoms with Gasteiger partial charge in [-0.3, -0.25) is 24.0 Å². The molecule has 12 rings (SSSR count). The second-order valence-electron chi connectivity index (χ2n) is 27.3. The van der Waals surface area contributed by atoms with Crippen LogP contribution in [0, 0.1) is 0 Å². The number of thiophene rings is 4. The number of nitrogens with zero attached hydrogens (tertiary/aromatic N) is 4. The average molecular weight is 1970 g/mol. The van der Waals surface area contributed by atoms with Crippen molar-refractivity contribution in [2.24, 2.45) is 5.73 Å². The van der Waals surface area contributed by atoms with Crippen molar-refractivity contribution >= 4 is 182 Å². The van der Waals surface area contributed by atoms with Crippen LogP contribution in [0.3, 0.4) is 0 Å². The van der Waals surface area contributed by atoms with Crippen LogP contribution in [0.25, 0.3) is 41.8 Å². The van der Waals surface area contributed by atoms with Crippen LogP contribution in [0.15, 0.2) is 115 Å². The first-order valence-corrected chi connectivity index (χ1v) is 44.6. The predicted octanol–water partition coefficient (Wildman–Crippen LogP) is 16.1. The molecule has 0 spiro atoms. The number of anilines is 4. The van der Waals surface area contributed by atoms with Crippen LogP contribution in [-0.4, -0.2) is 208 Å². The number of carbonyl (C=O) groups excluding carboxylic acids is 11. The molecule has 4 aliphatic rings. The minimum Gasteiger partial charge on any atom is -0.491 e. The molecular weight excluding hydrogens is 1870 g/mol. The van der Waals surface area contributed by atoms with Gasteiger partial charge in [-0.25, -0.2) is 0 Å². The smallest absolute Gasteiger partial charge is 0.373 e. The maximum absolute atomic E-state index is 11.5. The predicted molar refractivity (Wildman–Crippen MR) is 475 cm³/mol. The van der Waals surface area contributed by atoms with E-state index in [0.717, 1.165) is 167 Å². The van der Waals surface area contributed by atoms with Crippen molar-refractivity contribution in [3.8, 4) is 80.0 Å². The number of likely N-dealkylation sites (tertiary alicyclic amines) is 4. The van der Waals surface area contributed by atoms with Crippen LogP contribution < -0.4 is 60.2 Å². The largest absolute Gasteiger partial charge is 0.491 e. The lowest BCUT2D eigenvalue weighted by Gasteiger charge is -2.30. The number of benzene rings is 4. The number of nitrogens with two attached hydrogens (primary N) is 1. The monoisotopic (exact) mass is 1970 g/mol. The summed E-state index contributed by atoms with van der Waals surface area (Å²) in [6.07, 6.45) is 12.8. The van der Waals surface area contributed by atoms with Crippen LogP contribution >= 0.6 is 109 Å². The molecule has 36 heteroatoms. The van der Waals surface area contributed by atoms with E-state index in [1.165, 1.54) is 80.9 Å². The highest BCUT2D eigenvalue weighted by Crippen LogP contribution is 2.54. The first-order chi connectivity index (χ1) is 57.6. The molecule has 4 fully saturated rings. The number of rotatable bonds is 33. The molecule has 28 nitrogen and oxygen atoms in total. The topological polar surface area (TPSA) is 349 Å². The highest BCUT2D eigenvalue weighted by Gasteiger charge is 2.28. The maximum Gasteiger partial charge on any atom is 0.373 e. The molecule has 4 saturated heterocycles. The summed E-state index contributed by atoms with van der Waals surface area (Å²) < 4.78 is 45.8. The van der Waals surface area contributed by atoms with Crippen LogP contribution in [0.4, 0.5) is 22.7 Å². The highest BCUT2D eigenvalue weighted by molar-refractivity contribution is 9.11. The maximum atomic E-state index is 11.5. The fourth-order valence-corrected chi connectivity index (χ4v) is 20.3. The highest BCUT2D eigenvalue weighted by atomic mass is 79.9. The number of Topliss-reactive ketones (excluding diaryl/α,β-unsaturated/α-hetero) is 1. The van der Waals surface area contributed by atoms with Gasteiger partial charge in [0.1, 0.15) is 12.4 Å². The van der Waals surface area contributed by atoms with Crippen molar-refractivity contribution < 1.29 is 90.6 Å². The number of piperidine rings is 4. The Morgan fingerprint density at radius 3 is 0.983 bits per heavy atom. The third-order valence-corrected chi connectivity index (χ3v) is 27.5. The van der Waals surface area contributed by atoms with Crippen molar-refractivity contribution in [3.05, 3.63) is 120 Å². The van der Waals surface area contributed by atoms with Gasteiger partial charge in [0.25, 0.3) is 25.9 Å². The molecule has 4 aromatic heterocycles. The summed E-state index contributed by atoms with van der Waals surface area (Å²) >= 11 is 20.3. The van der Waals surface area contributed by atoms with Crippen molar-refractivity contribution in [1.29, 1.82) is 0 Å². The lowest BCUT2D eigenvalue weighted by Crippen LogP contribution is -2.36. The summed E-state index contributed by atoms with van der Waals surface area (Å²) in [6, 6.07) is 35.3. The summed E-state index contributed by atoms with van der Waals surface area (Å²) in [5.74, 6) is 2.03.